The molecule has 168 valence electrons. The predicted molar refractivity (Wildman–Crippen MR) is 108 cm³/mol. The van der Waals surface area contributed by atoms with Crippen molar-refractivity contribution in [3.05, 3.63) is 29.8 Å². The smallest absolute Gasteiger partial charge is 0.297 e. The van der Waals surface area contributed by atoms with Gasteiger partial charge in [0.05, 0.1) is 30.8 Å². The highest BCUT2D eigenvalue weighted by Crippen LogP contribution is 2.32. The van der Waals surface area contributed by atoms with Gasteiger partial charge in [-0.3, -0.25) is 9.08 Å². The number of hydrogen-bond donors (Lipinski definition) is 2. The summed E-state index contributed by atoms with van der Waals surface area (Å²) in [6.45, 7) is 7.15. The van der Waals surface area contributed by atoms with Crippen LogP contribution in [0.25, 0.3) is 0 Å². The van der Waals surface area contributed by atoms with Gasteiger partial charge in [-0.15, -0.1) is 0 Å². The standard InChI is InChI=1S/C20H30N2O7S/c1-14-3-5-15(6-4-14)30(24,25)29-19-18(23)17(16-13-27-20(19)28-16)21-7-2-8-22-9-11-26-12-10-22/h3-6,16-21,23H,2,7-13H2,1H3/t16-,17-,18-,19-,20-/m0/s1. The minimum absolute atomic E-state index is 0.0374. The molecule has 0 spiro atoms. The van der Waals surface area contributed by atoms with Crippen molar-refractivity contribution in [2.24, 2.45) is 0 Å². The predicted octanol–water partition coefficient (Wildman–Crippen LogP) is -0.135. The number of aliphatic hydroxyl groups excluding tert-OH is 1. The van der Waals surface area contributed by atoms with Crippen molar-refractivity contribution >= 4 is 10.1 Å². The quantitative estimate of drug-likeness (QED) is 0.420. The van der Waals surface area contributed by atoms with Crippen LogP contribution in [0.3, 0.4) is 0 Å². The van der Waals surface area contributed by atoms with Gasteiger partial charge in [0.2, 0.25) is 0 Å². The van der Waals surface area contributed by atoms with Gasteiger partial charge in [0.15, 0.2) is 12.4 Å². The summed E-state index contributed by atoms with van der Waals surface area (Å²) in [5, 5.41) is 14.2. The number of fused-ring (bicyclic) bond motifs is 2. The second-order valence-corrected chi connectivity index (χ2v) is 9.55. The van der Waals surface area contributed by atoms with E-state index in [9.17, 15) is 13.5 Å². The third kappa shape index (κ3) is 5.03. The zero-order valence-corrected chi connectivity index (χ0v) is 17.9. The van der Waals surface area contributed by atoms with Crippen LogP contribution in [0.4, 0.5) is 0 Å². The van der Waals surface area contributed by atoms with Gasteiger partial charge in [0.1, 0.15) is 12.2 Å². The molecule has 3 aliphatic rings. The Balaban J connectivity index is 1.35. The number of nitrogens with zero attached hydrogens (tertiary/aromatic N) is 1. The summed E-state index contributed by atoms with van der Waals surface area (Å²) < 4.78 is 47.5. The van der Waals surface area contributed by atoms with E-state index in [-0.39, 0.29) is 17.6 Å². The van der Waals surface area contributed by atoms with E-state index in [0.717, 1.165) is 44.8 Å². The maximum absolute atomic E-state index is 12.7. The molecule has 3 aliphatic heterocycles. The second kappa shape index (κ2) is 9.58. The summed E-state index contributed by atoms with van der Waals surface area (Å²) >= 11 is 0. The topological polar surface area (TPSA) is 107 Å². The van der Waals surface area contributed by atoms with Crippen molar-refractivity contribution < 1.29 is 31.9 Å². The fourth-order valence-corrected chi connectivity index (χ4v) is 5.12. The molecule has 0 unspecified atom stereocenters. The van der Waals surface area contributed by atoms with Crippen LogP contribution in [0.2, 0.25) is 0 Å². The lowest BCUT2D eigenvalue weighted by molar-refractivity contribution is -0.192. The summed E-state index contributed by atoms with van der Waals surface area (Å²) in [7, 11) is -4.06. The average Bonchev–Trinajstić information content (AvgIpc) is 3.18. The summed E-state index contributed by atoms with van der Waals surface area (Å²) in [5.41, 5.74) is 0.943. The molecule has 30 heavy (non-hydrogen) atoms. The number of aryl methyl sites for hydroxylation is 1. The number of morpholine rings is 1. The molecule has 0 saturated carbocycles. The van der Waals surface area contributed by atoms with Crippen LogP contribution in [-0.4, -0.2) is 95.1 Å². The Morgan fingerprint density at radius 2 is 1.97 bits per heavy atom. The Kier molecular flexibility index (Phi) is 7.05. The number of nitrogens with one attached hydrogen (secondary N) is 1. The average molecular weight is 443 g/mol. The van der Waals surface area contributed by atoms with Crippen LogP contribution < -0.4 is 5.32 Å². The van der Waals surface area contributed by atoms with Crippen LogP contribution in [0.1, 0.15) is 12.0 Å². The summed E-state index contributed by atoms with van der Waals surface area (Å²) in [5.74, 6) is 0. The van der Waals surface area contributed by atoms with Crippen molar-refractivity contribution in [2.45, 2.75) is 48.9 Å². The van der Waals surface area contributed by atoms with Crippen LogP contribution in [0.15, 0.2) is 29.2 Å². The fraction of sp³-hybridized carbons (Fsp3) is 0.700. The SMILES string of the molecule is Cc1ccc(S(=O)(=O)O[C@@H]2[C@H]3OC[C@H](O3)[C@H](NCCCN3CCOCC3)[C@@H]2O)cc1. The lowest BCUT2D eigenvalue weighted by Gasteiger charge is -2.38. The lowest BCUT2D eigenvalue weighted by atomic mass is 9.98. The molecule has 2 bridgehead atoms. The number of ether oxygens (including phenoxy) is 3. The van der Waals surface area contributed by atoms with Gasteiger partial charge < -0.3 is 24.6 Å². The minimum atomic E-state index is -4.06. The number of rotatable bonds is 8. The van der Waals surface area contributed by atoms with Crippen molar-refractivity contribution in [3.63, 3.8) is 0 Å². The Morgan fingerprint density at radius 1 is 1.23 bits per heavy atom. The van der Waals surface area contributed by atoms with Crippen molar-refractivity contribution in [2.75, 3.05) is 46.0 Å². The van der Waals surface area contributed by atoms with E-state index in [4.69, 9.17) is 18.4 Å². The van der Waals surface area contributed by atoms with Gasteiger partial charge in [-0.1, -0.05) is 17.7 Å². The Labute approximate surface area is 177 Å². The number of benzene rings is 1. The summed E-state index contributed by atoms with van der Waals surface area (Å²) in [4.78, 5) is 2.38. The summed E-state index contributed by atoms with van der Waals surface area (Å²) in [6, 6.07) is 5.91. The van der Waals surface area contributed by atoms with Crippen molar-refractivity contribution in [3.8, 4) is 0 Å². The zero-order chi connectivity index (χ0) is 21.1. The van der Waals surface area contributed by atoms with E-state index in [0.29, 0.717) is 6.54 Å². The van der Waals surface area contributed by atoms with Gasteiger partial charge in [-0.05, 0) is 38.6 Å². The Hall–Kier alpha value is -1.11. The molecule has 5 atom stereocenters. The van der Waals surface area contributed by atoms with Crippen LogP contribution in [0.5, 0.6) is 0 Å². The zero-order valence-electron chi connectivity index (χ0n) is 17.1. The third-order valence-corrected chi connectivity index (χ3v) is 7.11. The first-order valence-corrected chi connectivity index (χ1v) is 11.8. The van der Waals surface area contributed by atoms with Crippen LogP contribution in [-0.2, 0) is 28.5 Å². The van der Waals surface area contributed by atoms with E-state index in [1.807, 2.05) is 6.92 Å². The normalized spacial score (nSPS) is 32.4. The van der Waals surface area contributed by atoms with Crippen molar-refractivity contribution in [1.29, 1.82) is 0 Å². The molecule has 0 radical (unpaired) electrons. The molecule has 0 aliphatic carbocycles. The maximum atomic E-state index is 12.7. The Bertz CT molecular complexity index is 798. The molecule has 3 heterocycles. The molecular weight excluding hydrogens is 412 g/mol. The van der Waals surface area contributed by atoms with Gasteiger partial charge in [0, 0.05) is 13.1 Å². The number of hydrogen-bond acceptors (Lipinski definition) is 9. The molecule has 3 fully saturated rings. The fourth-order valence-electron chi connectivity index (χ4n) is 4.04. The van der Waals surface area contributed by atoms with E-state index in [1.165, 1.54) is 12.1 Å². The molecule has 1 aromatic carbocycles. The molecule has 0 amide bonds. The molecule has 2 N–H and O–H groups in total. The first-order valence-electron chi connectivity index (χ1n) is 10.4. The third-order valence-electron chi connectivity index (χ3n) is 5.79. The van der Waals surface area contributed by atoms with Gasteiger partial charge in [-0.2, -0.15) is 8.42 Å². The van der Waals surface area contributed by atoms with Crippen molar-refractivity contribution in [1.82, 2.24) is 10.2 Å². The van der Waals surface area contributed by atoms with Gasteiger partial charge >= 0.3 is 0 Å². The second-order valence-electron chi connectivity index (χ2n) is 7.98. The molecule has 3 saturated heterocycles. The minimum Gasteiger partial charge on any atom is -0.388 e. The van der Waals surface area contributed by atoms with Gasteiger partial charge in [0.25, 0.3) is 10.1 Å². The summed E-state index contributed by atoms with van der Waals surface area (Å²) in [6.07, 6.45) is -2.55. The molecule has 10 heteroatoms. The molecular formula is C20H30N2O7S. The largest absolute Gasteiger partial charge is 0.388 e. The molecule has 4 rings (SSSR count). The van der Waals surface area contributed by atoms with Gasteiger partial charge in [-0.25, -0.2) is 0 Å². The van der Waals surface area contributed by atoms with E-state index < -0.39 is 34.7 Å². The first kappa shape index (κ1) is 22.1. The molecule has 0 aromatic heterocycles. The molecule has 9 nitrogen and oxygen atoms in total. The first-order chi connectivity index (χ1) is 14.4. The highest BCUT2D eigenvalue weighted by Gasteiger charge is 2.52. The lowest BCUT2D eigenvalue weighted by Crippen LogP contribution is -2.60. The monoisotopic (exact) mass is 442 g/mol. The van der Waals surface area contributed by atoms with E-state index in [2.05, 4.69) is 10.2 Å². The van der Waals surface area contributed by atoms with E-state index >= 15 is 0 Å². The molecule has 1 aromatic rings. The number of aliphatic hydroxyl groups is 1. The highest BCUT2D eigenvalue weighted by atomic mass is 32.2. The van der Waals surface area contributed by atoms with Crippen LogP contribution >= 0.6 is 0 Å². The highest BCUT2D eigenvalue weighted by molar-refractivity contribution is 7.86. The van der Waals surface area contributed by atoms with Crippen LogP contribution in [0, 0.1) is 6.92 Å². The maximum Gasteiger partial charge on any atom is 0.297 e. The Morgan fingerprint density at radius 3 is 2.70 bits per heavy atom. The van der Waals surface area contributed by atoms with E-state index in [1.54, 1.807) is 12.1 Å².